The molecular formula is C13H21N3O. The van der Waals surface area contributed by atoms with E-state index in [9.17, 15) is 0 Å². The molecule has 0 amide bonds. The zero-order valence-electron chi connectivity index (χ0n) is 10.7. The quantitative estimate of drug-likeness (QED) is 0.872. The molecule has 94 valence electrons. The second-order valence-electron chi connectivity index (χ2n) is 5.11. The van der Waals surface area contributed by atoms with Gasteiger partial charge in [0.05, 0.1) is 16.9 Å². The van der Waals surface area contributed by atoms with E-state index in [0.717, 1.165) is 24.2 Å². The van der Waals surface area contributed by atoms with Gasteiger partial charge in [0.1, 0.15) is 6.61 Å². The Balaban J connectivity index is 1.99. The summed E-state index contributed by atoms with van der Waals surface area (Å²) >= 11 is 0. The van der Waals surface area contributed by atoms with Crippen LogP contribution in [-0.2, 0) is 0 Å². The number of nitrogens with two attached hydrogens (primary N) is 1. The van der Waals surface area contributed by atoms with Crippen molar-refractivity contribution >= 4 is 0 Å². The molecule has 1 fully saturated rings. The maximum absolute atomic E-state index is 6.32. The van der Waals surface area contributed by atoms with Crippen molar-refractivity contribution in [3.63, 3.8) is 0 Å². The fourth-order valence-corrected chi connectivity index (χ4v) is 2.26. The van der Waals surface area contributed by atoms with E-state index in [0.29, 0.717) is 12.5 Å². The van der Waals surface area contributed by atoms with E-state index in [2.05, 4.69) is 9.97 Å². The van der Waals surface area contributed by atoms with Gasteiger partial charge in [0, 0.05) is 6.20 Å². The van der Waals surface area contributed by atoms with Gasteiger partial charge in [0.25, 0.3) is 0 Å². The Hall–Kier alpha value is -1.16. The number of aryl methyl sites for hydroxylation is 2. The fraction of sp³-hybridized carbons (Fsp3) is 0.692. The number of nitrogens with zero attached hydrogens (tertiary/aromatic N) is 2. The van der Waals surface area contributed by atoms with Gasteiger partial charge in [0.15, 0.2) is 0 Å². The van der Waals surface area contributed by atoms with Gasteiger partial charge in [-0.05, 0) is 26.7 Å². The molecule has 0 saturated heterocycles. The molecule has 2 N–H and O–H groups in total. The molecule has 0 aromatic carbocycles. The third-order valence-corrected chi connectivity index (χ3v) is 3.38. The zero-order chi connectivity index (χ0) is 12.3. The molecule has 1 saturated carbocycles. The molecule has 2 rings (SSSR count). The number of rotatable bonds is 3. The lowest BCUT2D eigenvalue weighted by Crippen LogP contribution is -2.47. The molecule has 0 bridgehead atoms. The number of ether oxygens (including phenoxy) is 1. The molecule has 1 aliphatic rings. The van der Waals surface area contributed by atoms with Crippen molar-refractivity contribution in [1.29, 1.82) is 0 Å². The first-order valence-corrected chi connectivity index (χ1v) is 6.31. The molecule has 1 aromatic rings. The Morgan fingerprint density at radius 1 is 1.29 bits per heavy atom. The van der Waals surface area contributed by atoms with Gasteiger partial charge in [0.2, 0.25) is 5.88 Å². The van der Waals surface area contributed by atoms with Crippen LogP contribution in [0.15, 0.2) is 6.20 Å². The van der Waals surface area contributed by atoms with Crippen molar-refractivity contribution in [1.82, 2.24) is 9.97 Å². The topological polar surface area (TPSA) is 61.0 Å². The third-order valence-electron chi connectivity index (χ3n) is 3.38. The minimum atomic E-state index is -0.171. The normalized spacial score (nSPS) is 19.0. The van der Waals surface area contributed by atoms with Gasteiger partial charge < -0.3 is 10.5 Å². The lowest BCUT2D eigenvalue weighted by atomic mass is 9.83. The summed E-state index contributed by atoms with van der Waals surface area (Å²) in [5.74, 6) is 0.625. The summed E-state index contributed by atoms with van der Waals surface area (Å²) in [6, 6.07) is 0. The van der Waals surface area contributed by atoms with E-state index < -0.39 is 0 Å². The van der Waals surface area contributed by atoms with Crippen LogP contribution in [-0.4, -0.2) is 22.1 Å². The summed E-state index contributed by atoms with van der Waals surface area (Å²) in [7, 11) is 0. The molecule has 1 aromatic heterocycles. The Morgan fingerprint density at radius 3 is 2.71 bits per heavy atom. The van der Waals surface area contributed by atoms with Crippen molar-refractivity contribution < 1.29 is 4.74 Å². The van der Waals surface area contributed by atoms with E-state index in [1.807, 2.05) is 13.8 Å². The highest BCUT2D eigenvalue weighted by atomic mass is 16.5. The Bertz CT molecular complexity index is 386. The van der Waals surface area contributed by atoms with Crippen molar-refractivity contribution in [3.05, 3.63) is 17.6 Å². The van der Waals surface area contributed by atoms with Crippen molar-refractivity contribution in [2.75, 3.05) is 6.61 Å². The second-order valence-corrected chi connectivity index (χ2v) is 5.11. The van der Waals surface area contributed by atoms with Crippen LogP contribution in [0.3, 0.4) is 0 Å². The van der Waals surface area contributed by atoms with Gasteiger partial charge in [-0.3, -0.25) is 4.98 Å². The first-order chi connectivity index (χ1) is 8.09. The van der Waals surface area contributed by atoms with Crippen molar-refractivity contribution in [3.8, 4) is 5.88 Å². The lowest BCUT2D eigenvalue weighted by Gasteiger charge is -2.32. The molecule has 0 atom stereocenters. The monoisotopic (exact) mass is 235 g/mol. The fourth-order valence-electron chi connectivity index (χ4n) is 2.26. The number of hydrogen-bond donors (Lipinski definition) is 1. The summed E-state index contributed by atoms with van der Waals surface area (Å²) < 4.78 is 5.76. The van der Waals surface area contributed by atoms with Crippen molar-refractivity contribution in [2.45, 2.75) is 51.5 Å². The van der Waals surface area contributed by atoms with Crippen LogP contribution in [0.2, 0.25) is 0 Å². The maximum Gasteiger partial charge on any atom is 0.235 e. The summed E-state index contributed by atoms with van der Waals surface area (Å²) in [4.78, 5) is 8.58. The highest BCUT2D eigenvalue weighted by Gasteiger charge is 2.28. The molecule has 4 heteroatoms. The van der Waals surface area contributed by atoms with E-state index in [4.69, 9.17) is 10.5 Å². The highest BCUT2D eigenvalue weighted by Crippen LogP contribution is 2.26. The van der Waals surface area contributed by atoms with E-state index in [1.54, 1.807) is 6.20 Å². The Morgan fingerprint density at radius 2 is 2.00 bits per heavy atom. The van der Waals surface area contributed by atoms with Gasteiger partial charge in [-0.15, -0.1) is 0 Å². The molecule has 0 radical (unpaired) electrons. The largest absolute Gasteiger partial charge is 0.474 e. The van der Waals surface area contributed by atoms with Crippen LogP contribution < -0.4 is 10.5 Å². The zero-order valence-corrected chi connectivity index (χ0v) is 10.7. The van der Waals surface area contributed by atoms with Gasteiger partial charge >= 0.3 is 0 Å². The van der Waals surface area contributed by atoms with Gasteiger partial charge in [-0.2, -0.15) is 0 Å². The maximum atomic E-state index is 6.32. The molecule has 0 aliphatic heterocycles. The average Bonchev–Trinajstić information content (AvgIpc) is 2.31. The summed E-state index contributed by atoms with van der Waals surface area (Å²) in [6.45, 7) is 4.37. The van der Waals surface area contributed by atoms with Crippen LogP contribution in [0.1, 0.15) is 43.5 Å². The highest BCUT2D eigenvalue weighted by molar-refractivity contribution is 5.18. The molecule has 0 spiro atoms. The molecule has 0 unspecified atom stereocenters. The molecule has 4 nitrogen and oxygen atoms in total. The smallest absolute Gasteiger partial charge is 0.235 e. The number of aromatic nitrogens is 2. The van der Waals surface area contributed by atoms with Crippen LogP contribution >= 0.6 is 0 Å². The van der Waals surface area contributed by atoms with Crippen LogP contribution in [0.25, 0.3) is 0 Å². The summed E-state index contributed by atoms with van der Waals surface area (Å²) in [5, 5.41) is 0. The minimum Gasteiger partial charge on any atom is -0.474 e. The number of hydrogen-bond acceptors (Lipinski definition) is 4. The molecular weight excluding hydrogens is 214 g/mol. The Kier molecular flexibility index (Phi) is 3.62. The molecule has 17 heavy (non-hydrogen) atoms. The molecule has 1 heterocycles. The lowest BCUT2D eigenvalue weighted by molar-refractivity contribution is 0.167. The Labute approximate surface area is 103 Å². The van der Waals surface area contributed by atoms with E-state index in [-0.39, 0.29) is 5.54 Å². The first-order valence-electron chi connectivity index (χ1n) is 6.31. The van der Waals surface area contributed by atoms with E-state index >= 15 is 0 Å². The standard InChI is InChI=1S/C13H21N3O/c1-10-8-15-11(2)12(16-10)17-9-13(14)6-4-3-5-7-13/h8H,3-7,9,14H2,1-2H3. The third kappa shape index (κ3) is 3.16. The average molecular weight is 235 g/mol. The van der Waals surface area contributed by atoms with Gasteiger partial charge in [-0.1, -0.05) is 19.3 Å². The van der Waals surface area contributed by atoms with Crippen LogP contribution in [0.4, 0.5) is 0 Å². The van der Waals surface area contributed by atoms with Crippen LogP contribution in [0, 0.1) is 13.8 Å². The molecule has 1 aliphatic carbocycles. The van der Waals surface area contributed by atoms with E-state index in [1.165, 1.54) is 19.3 Å². The van der Waals surface area contributed by atoms with Crippen LogP contribution in [0.5, 0.6) is 5.88 Å². The first kappa shape index (κ1) is 12.3. The minimum absolute atomic E-state index is 0.171. The SMILES string of the molecule is Cc1cnc(C)c(OCC2(N)CCCCC2)n1. The predicted octanol–water partition coefficient (Wildman–Crippen LogP) is 2.13. The van der Waals surface area contributed by atoms with Gasteiger partial charge in [-0.25, -0.2) is 4.98 Å². The summed E-state index contributed by atoms with van der Waals surface area (Å²) in [6.07, 6.45) is 7.55. The predicted molar refractivity (Wildman–Crippen MR) is 67.0 cm³/mol. The second kappa shape index (κ2) is 5.00. The van der Waals surface area contributed by atoms with Crippen molar-refractivity contribution in [2.24, 2.45) is 5.73 Å². The summed E-state index contributed by atoms with van der Waals surface area (Å²) in [5.41, 5.74) is 7.86.